The minimum absolute atomic E-state index is 0.205. The van der Waals surface area contributed by atoms with Gasteiger partial charge in [-0.05, 0) is 31.9 Å². The smallest absolute Gasteiger partial charge is 0.326 e. The number of hydrogen-bond donors (Lipinski definition) is 0. The van der Waals surface area contributed by atoms with Crippen molar-refractivity contribution in [2.24, 2.45) is 11.8 Å². The summed E-state index contributed by atoms with van der Waals surface area (Å²) in [5.74, 6) is -2.12. The Morgan fingerprint density at radius 2 is 1.82 bits per heavy atom. The summed E-state index contributed by atoms with van der Waals surface area (Å²) < 4.78 is 6.62. The van der Waals surface area contributed by atoms with Crippen LogP contribution in [0.1, 0.15) is 24.2 Å². The highest BCUT2D eigenvalue weighted by Gasteiger charge is 2.47. The Kier molecular flexibility index (Phi) is 4.54. The number of carbonyl (C=O) groups excluding carboxylic acids is 3. The third kappa shape index (κ3) is 3.11. The second-order valence-electron chi connectivity index (χ2n) is 7.03. The molecule has 8 heteroatoms. The quantitative estimate of drug-likeness (QED) is 0.445. The summed E-state index contributed by atoms with van der Waals surface area (Å²) in [5.41, 5.74) is 1.25. The Morgan fingerprint density at radius 1 is 1.14 bits per heavy atom. The van der Waals surface area contributed by atoms with Gasteiger partial charge in [0.05, 0.1) is 17.5 Å². The molecule has 0 N–H and O–H groups in total. The van der Waals surface area contributed by atoms with E-state index in [4.69, 9.17) is 4.74 Å². The second-order valence-corrected chi connectivity index (χ2v) is 7.03. The van der Waals surface area contributed by atoms with Crippen LogP contribution in [0, 0.1) is 18.8 Å². The number of ether oxygens (including phenoxy) is 1. The number of fused-ring (bicyclic) bond motifs is 2. The Labute approximate surface area is 160 Å². The van der Waals surface area contributed by atoms with Gasteiger partial charge >= 0.3 is 5.97 Å². The number of pyridine rings is 1. The lowest BCUT2D eigenvalue weighted by atomic mass is 9.85. The largest absolute Gasteiger partial charge is 0.458 e. The molecule has 2 aromatic heterocycles. The molecule has 144 valence electrons. The van der Waals surface area contributed by atoms with Crippen LogP contribution in [0.4, 0.5) is 0 Å². The van der Waals surface area contributed by atoms with E-state index in [-0.39, 0.29) is 35.8 Å². The molecule has 0 unspecified atom stereocenters. The lowest BCUT2D eigenvalue weighted by Gasteiger charge is -2.14. The van der Waals surface area contributed by atoms with E-state index in [9.17, 15) is 19.2 Å². The van der Waals surface area contributed by atoms with Gasteiger partial charge in [0.1, 0.15) is 18.8 Å². The van der Waals surface area contributed by atoms with Crippen molar-refractivity contribution in [1.82, 2.24) is 14.3 Å². The molecule has 0 bridgehead atoms. The van der Waals surface area contributed by atoms with Crippen molar-refractivity contribution in [3.05, 3.63) is 58.2 Å². The van der Waals surface area contributed by atoms with Crippen molar-refractivity contribution in [1.29, 1.82) is 0 Å². The van der Waals surface area contributed by atoms with Gasteiger partial charge in [-0.1, -0.05) is 18.2 Å². The van der Waals surface area contributed by atoms with Crippen LogP contribution in [0.3, 0.4) is 0 Å². The summed E-state index contributed by atoms with van der Waals surface area (Å²) in [6, 6.07) is 6.58. The van der Waals surface area contributed by atoms with E-state index >= 15 is 0 Å². The van der Waals surface area contributed by atoms with Crippen molar-refractivity contribution < 1.29 is 19.1 Å². The lowest BCUT2D eigenvalue weighted by Crippen LogP contribution is -2.36. The monoisotopic (exact) mass is 381 g/mol. The third-order valence-corrected chi connectivity index (χ3v) is 5.20. The number of allylic oxidation sites excluding steroid dienone is 2. The van der Waals surface area contributed by atoms with Crippen molar-refractivity contribution in [3.63, 3.8) is 0 Å². The van der Waals surface area contributed by atoms with Crippen LogP contribution < -0.4 is 5.56 Å². The molecule has 2 atom stereocenters. The number of hydrogen-bond acceptors (Lipinski definition) is 6. The summed E-state index contributed by atoms with van der Waals surface area (Å²) >= 11 is 0. The first-order valence-electron chi connectivity index (χ1n) is 9.10. The van der Waals surface area contributed by atoms with E-state index in [0.29, 0.717) is 24.2 Å². The fourth-order valence-corrected chi connectivity index (χ4v) is 3.79. The van der Waals surface area contributed by atoms with E-state index in [2.05, 4.69) is 4.98 Å². The maximum atomic E-state index is 12.4. The molecule has 2 aromatic rings. The molecular formula is C20H19N3O5. The number of esters is 1. The summed E-state index contributed by atoms with van der Waals surface area (Å²) in [6.45, 7) is 1.17. The fraction of sp³-hybridized carbons (Fsp3) is 0.350. The number of aryl methyl sites for hydroxylation is 1. The number of imide groups is 1. The van der Waals surface area contributed by atoms with E-state index in [1.807, 2.05) is 12.2 Å². The van der Waals surface area contributed by atoms with Gasteiger partial charge in [-0.3, -0.25) is 28.5 Å². The third-order valence-electron chi connectivity index (χ3n) is 5.20. The van der Waals surface area contributed by atoms with Gasteiger partial charge in [0.25, 0.3) is 5.56 Å². The van der Waals surface area contributed by atoms with Gasteiger partial charge < -0.3 is 4.74 Å². The van der Waals surface area contributed by atoms with E-state index in [1.54, 1.807) is 25.1 Å². The van der Waals surface area contributed by atoms with Crippen LogP contribution in [-0.2, 0) is 25.7 Å². The van der Waals surface area contributed by atoms with Gasteiger partial charge in [0, 0.05) is 11.8 Å². The highest BCUT2D eigenvalue weighted by Crippen LogP contribution is 2.34. The van der Waals surface area contributed by atoms with Crippen LogP contribution in [0.25, 0.3) is 5.65 Å². The standard InChI is InChI=1S/C20H19N3O5/c1-12-5-4-8-16-21-13(9-17(24)23(12)16)11-28-18(25)10-22-19(26)14-6-2-3-7-15(14)20(22)27/h2-5,8-9,14-15H,6-7,10-11H2,1H3/t14-,15-/m0/s1. The molecular weight excluding hydrogens is 362 g/mol. The summed E-state index contributed by atoms with van der Waals surface area (Å²) in [4.78, 5) is 54.5. The highest BCUT2D eigenvalue weighted by molar-refractivity contribution is 6.07. The minimum Gasteiger partial charge on any atom is -0.458 e. The molecule has 4 rings (SSSR count). The van der Waals surface area contributed by atoms with Gasteiger partial charge in [-0.25, -0.2) is 4.98 Å². The molecule has 2 aliphatic rings. The van der Waals surface area contributed by atoms with Gasteiger partial charge in [0.15, 0.2) is 0 Å². The number of rotatable bonds is 4. The van der Waals surface area contributed by atoms with Gasteiger partial charge in [0.2, 0.25) is 11.8 Å². The van der Waals surface area contributed by atoms with Crippen LogP contribution in [0.5, 0.6) is 0 Å². The van der Waals surface area contributed by atoms with Crippen LogP contribution in [0.2, 0.25) is 0 Å². The average molecular weight is 381 g/mol. The second kappa shape index (κ2) is 7.03. The van der Waals surface area contributed by atoms with Crippen molar-refractivity contribution in [2.45, 2.75) is 26.4 Å². The Bertz CT molecular complexity index is 1050. The zero-order valence-corrected chi connectivity index (χ0v) is 15.3. The molecule has 0 aromatic carbocycles. The van der Waals surface area contributed by atoms with Crippen molar-refractivity contribution >= 4 is 23.4 Å². The van der Waals surface area contributed by atoms with Crippen LogP contribution >= 0.6 is 0 Å². The summed E-state index contributed by atoms with van der Waals surface area (Å²) in [7, 11) is 0. The van der Waals surface area contributed by atoms with Crippen LogP contribution in [-0.4, -0.2) is 38.6 Å². The minimum atomic E-state index is -0.709. The predicted octanol–water partition coefficient (Wildman–Crippen LogP) is 0.997. The molecule has 3 heterocycles. The van der Waals surface area contributed by atoms with E-state index < -0.39 is 12.5 Å². The summed E-state index contributed by atoms with van der Waals surface area (Å²) in [5, 5.41) is 0. The number of nitrogens with zero attached hydrogens (tertiary/aromatic N) is 3. The number of carbonyl (C=O) groups is 3. The average Bonchev–Trinajstić information content (AvgIpc) is 2.91. The van der Waals surface area contributed by atoms with Gasteiger partial charge in [-0.15, -0.1) is 0 Å². The number of amides is 2. The first-order chi connectivity index (χ1) is 13.5. The molecule has 8 nitrogen and oxygen atoms in total. The molecule has 28 heavy (non-hydrogen) atoms. The zero-order valence-electron chi connectivity index (χ0n) is 15.3. The van der Waals surface area contributed by atoms with Gasteiger partial charge in [-0.2, -0.15) is 0 Å². The zero-order chi connectivity index (χ0) is 19.8. The topological polar surface area (TPSA) is 98.0 Å². The Balaban J connectivity index is 1.43. The maximum Gasteiger partial charge on any atom is 0.326 e. The van der Waals surface area contributed by atoms with Crippen molar-refractivity contribution in [2.75, 3.05) is 6.54 Å². The molecule has 1 aliphatic heterocycles. The number of aromatic nitrogens is 2. The Hall–Kier alpha value is -3.29. The normalized spacial score (nSPS) is 21.2. The molecule has 1 saturated heterocycles. The molecule has 1 fully saturated rings. The first kappa shape index (κ1) is 18.1. The number of likely N-dealkylation sites (tertiary alicyclic amines) is 1. The van der Waals surface area contributed by atoms with E-state index in [0.717, 1.165) is 10.6 Å². The fourth-order valence-electron chi connectivity index (χ4n) is 3.79. The lowest BCUT2D eigenvalue weighted by molar-refractivity contribution is -0.153. The first-order valence-corrected chi connectivity index (χ1v) is 9.10. The molecule has 2 amide bonds. The maximum absolute atomic E-state index is 12.4. The predicted molar refractivity (Wildman–Crippen MR) is 98.1 cm³/mol. The summed E-state index contributed by atoms with van der Waals surface area (Å²) in [6.07, 6.45) is 4.82. The SMILES string of the molecule is Cc1cccc2nc(COC(=O)CN3C(=O)[C@H]4CC=CC[C@@H]4C3=O)cc(=O)n12. The molecule has 0 spiro atoms. The molecule has 0 radical (unpaired) electrons. The molecule has 1 aliphatic carbocycles. The van der Waals surface area contributed by atoms with Crippen LogP contribution in [0.15, 0.2) is 41.2 Å². The van der Waals surface area contributed by atoms with Crippen molar-refractivity contribution in [3.8, 4) is 0 Å². The Morgan fingerprint density at radius 3 is 2.50 bits per heavy atom. The van der Waals surface area contributed by atoms with E-state index in [1.165, 1.54) is 10.5 Å². The highest BCUT2D eigenvalue weighted by atomic mass is 16.5. The molecule has 0 saturated carbocycles.